The van der Waals surface area contributed by atoms with Gasteiger partial charge in [-0.1, -0.05) is 24.3 Å². The molecule has 0 atom stereocenters. The molecular formula is C24H20O7. The van der Waals surface area contributed by atoms with Crippen LogP contribution in [-0.4, -0.2) is 31.9 Å². The minimum Gasteiger partial charge on any atom is -0.496 e. The zero-order chi connectivity index (χ0) is 22.4. The summed E-state index contributed by atoms with van der Waals surface area (Å²) >= 11 is 0. The van der Waals surface area contributed by atoms with Gasteiger partial charge in [0.2, 0.25) is 0 Å². The third kappa shape index (κ3) is 4.90. The first-order chi connectivity index (χ1) is 14.9. The molecule has 7 heteroatoms. The predicted octanol–water partition coefficient (Wildman–Crippen LogP) is 4.34. The predicted molar refractivity (Wildman–Crippen MR) is 112 cm³/mol. The number of ketones is 1. The Balaban J connectivity index is 1.85. The van der Waals surface area contributed by atoms with Crippen LogP contribution in [0.5, 0.6) is 23.0 Å². The summed E-state index contributed by atoms with van der Waals surface area (Å²) in [5, 5.41) is 0. The first kappa shape index (κ1) is 21.6. The lowest BCUT2D eigenvalue weighted by Crippen LogP contribution is -2.13. The Labute approximate surface area is 179 Å². The molecule has 158 valence electrons. The minimum atomic E-state index is -0.682. The summed E-state index contributed by atoms with van der Waals surface area (Å²) in [6, 6.07) is 17.4. The fourth-order valence-corrected chi connectivity index (χ4v) is 2.88. The van der Waals surface area contributed by atoms with Crippen molar-refractivity contribution in [2.24, 2.45) is 0 Å². The number of Topliss-reactive ketones (excluding diaryl/α,β-unsaturated/α-hetero) is 1. The van der Waals surface area contributed by atoms with Crippen molar-refractivity contribution in [3.05, 3.63) is 83.4 Å². The van der Waals surface area contributed by atoms with Crippen molar-refractivity contribution in [1.82, 2.24) is 0 Å². The second-order valence-corrected chi connectivity index (χ2v) is 6.39. The van der Waals surface area contributed by atoms with Gasteiger partial charge in [0.05, 0.1) is 19.8 Å². The van der Waals surface area contributed by atoms with Gasteiger partial charge in [-0.05, 0) is 49.4 Å². The molecule has 7 nitrogen and oxygen atoms in total. The molecule has 0 aliphatic heterocycles. The average Bonchev–Trinajstić information content (AvgIpc) is 2.79. The third-order valence-electron chi connectivity index (χ3n) is 4.40. The number of carbonyl (C=O) groups is 3. The summed E-state index contributed by atoms with van der Waals surface area (Å²) in [5.41, 5.74) is 0.542. The van der Waals surface area contributed by atoms with E-state index >= 15 is 0 Å². The molecule has 0 N–H and O–H groups in total. The number of hydrogen-bond donors (Lipinski definition) is 0. The molecule has 0 aromatic heterocycles. The highest BCUT2D eigenvalue weighted by Gasteiger charge is 2.20. The zero-order valence-electron chi connectivity index (χ0n) is 17.2. The van der Waals surface area contributed by atoms with E-state index in [0.717, 1.165) is 0 Å². The van der Waals surface area contributed by atoms with E-state index < -0.39 is 11.9 Å². The van der Waals surface area contributed by atoms with Crippen LogP contribution in [-0.2, 0) is 0 Å². The van der Waals surface area contributed by atoms with Gasteiger partial charge in [0.1, 0.15) is 34.1 Å². The number of rotatable bonds is 7. The van der Waals surface area contributed by atoms with Crippen LogP contribution in [0.4, 0.5) is 0 Å². The van der Waals surface area contributed by atoms with Crippen LogP contribution in [0.1, 0.15) is 38.0 Å². The lowest BCUT2D eigenvalue weighted by Gasteiger charge is -2.12. The molecule has 0 spiro atoms. The molecule has 0 aliphatic rings. The number of carbonyl (C=O) groups excluding carboxylic acids is 3. The summed E-state index contributed by atoms with van der Waals surface area (Å²) in [5.74, 6) is -0.818. The SMILES string of the molecule is COc1ccccc1C(=O)Oc1ccc(OC(=O)c2ccccc2OC)c(C(C)=O)c1. The third-order valence-corrected chi connectivity index (χ3v) is 4.40. The second kappa shape index (κ2) is 9.58. The summed E-state index contributed by atoms with van der Waals surface area (Å²) in [7, 11) is 2.89. The van der Waals surface area contributed by atoms with Crippen LogP contribution in [0.25, 0.3) is 0 Å². The van der Waals surface area contributed by atoms with Gasteiger partial charge in [0, 0.05) is 0 Å². The number of esters is 2. The summed E-state index contributed by atoms with van der Waals surface area (Å²) < 4.78 is 21.1. The van der Waals surface area contributed by atoms with E-state index in [1.54, 1.807) is 48.5 Å². The Morgan fingerprint density at radius 2 is 1.13 bits per heavy atom. The summed E-state index contributed by atoms with van der Waals surface area (Å²) in [6.45, 7) is 1.32. The summed E-state index contributed by atoms with van der Waals surface area (Å²) in [4.78, 5) is 37.2. The van der Waals surface area contributed by atoms with E-state index in [4.69, 9.17) is 18.9 Å². The Morgan fingerprint density at radius 3 is 1.65 bits per heavy atom. The molecule has 0 heterocycles. The highest BCUT2D eigenvalue weighted by atomic mass is 16.5. The van der Waals surface area contributed by atoms with Crippen molar-refractivity contribution in [2.45, 2.75) is 6.92 Å². The molecule has 0 bridgehead atoms. The number of hydrogen-bond acceptors (Lipinski definition) is 7. The van der Waals surface area contributed by atoms with Gasteiger partial charge in [-0.3, -0.25) is 4.79 Å². The molecule has 0 amide bonds. The molecule has 0 unspecified atom stereocenters. The van der Waals surface area contributed by atoms with E-state index in [2.05, 4.69) is 0 Å². The summed E-state index contributed by atoms with van der Waals surface area (Å²) in [6.07, 6.45) is 0. The molecule has 3 aromatic rings. The quantitative estimate of drug-likeness (QED) is 0.319. The molecule has 0 aliphatic carbocycles. The Kier molecular flexibility index (Phi) is 6.67. The van der Waals surface area contributed by atoms with Crippen LogP contribution >= 0.6 is 0 Å². The van der Waals surface area contributed by atoms with Crippen LogP contribution in [0.15, 0.2) is 66.7 Å². The van der Waals surface area contributed by atoms with Gasteiger partial charge in [0.15, 0.2) is 5.78 Å². The molecule has 31 heavy (non-hydrogen) atoms. The number of ether oxygens (including phenoxy) is 4. The zero-order valence-corrected chi connectivity index (χ0v) is 17.2. The van der Waals surface area contributed by atoms with Crippen molar-refractivity contribution < 1.29 is 33.3 Å². The van der Waals surface area contributed by atoms with Gasteiger partial charge >= 0.3 is 11.9 Å². The van der Waals surface area contributed by atoms with Gasteiger partial charge in [-0.15, -0.1) is 0 Å². The van der Waals surface area contributed by atoms with Gasteiger partial charge in [-0.25, -0.2) is 9.59 Å². The molecule has 0 fully saturated rings. The average molecular weight is 420 g/mol. The van der Waals surface area contributed by atoms with E-state index in [-0.39, 0.29) is 34.0 Å². The van der Waals surface area contributed by atoms with Crippen molar-refractivity contribution in [3.63, 3.8) is 0 Å². The topological polar surface area (TPSA) is 88.1 Å². The molecular weight excluding hydrogens is 400 g/mol. The van der Waals surface area contributed by atoms with Gasteiger partial charge < -0.3 is 18.9 Å². The Bertz CT molecular complexity index is 1130. The fourth-order valence-electron chi connectivity index (χ4n) is 2.88. The Morgan fingerprint density at radius 1 is 0.613 bits per heavy atom. The maximum absolute atomic E-state index is 12.6. The molecule has 0 saturated carbocycles. The first-order valence-corrected chi connectivity index (χ1v) is 9.30. The van der Waals surface area contributed by atoms with Crippen molar-refractivity contribution >= 4 is 17.7 Å². The van der Waals surface area contributed by atoms with Crippen LogP contribution in [0.3, 0.4) is 0 Å². The normalized spacial score (nSPS) is 10.2. The van der Waals surface area contributed by atoms with Crippen LogP contribution in [0, 0.1) is 0 Å². The number of para-hydroxylation sites is 2. The monoisotopic (exact) mass is 420 g/mol. The Hall–Kier alpha value is -4.13. The van der Waals surface area contributed by atoms with E-state index in [9.17, 15) is 14.4 Å². The molecule has 0 radical (unpaired) electrons. The second-order valence-electron chi connectivity index (χ2n) is 6.39. The lowest BCUT2D eigenvalue weighted by atomic mass is 10.1. The fraction of sp³-hybridized carbons (Fsp3) is 0.125. The highest BCUT2D eigenvalue weighted by Crippen LogP contribution is 2.28. The first-order valence-electron chi connectivity index (χ1n) is 9.30. The maximum Gasteiger partial charge on any atom is 0.347 e. The standard InChI is InChI=1S/C24H20O7/c1-15(25)19-14-16(30-23(26)17-8-4-6-10-20(17)28-2)12-13-22(19)31-24(27)18-9-5-7-11-21(18)29-3/h4-14H,1-3H3. The number of benzene rings is 3. The lowest BCUT2D eigenvalue weighted by molar-refractivity contribution is 0.0712. The van der Waals surface area contributed by atoms with E-state index in [1.807, 2.05) is 0 Å². The van der Waals surface area contributed by atoms with E-state index in [1.165, 1.54) is 39.3 Å². The number of methoxy groups -OCH3 is 2. The van der Waals surface area contributed by atoms with Gasteiger partial charge in [0.25, 0.3) is 0 Å². The largest absolute Gasteiger partial charge is 0.496 e. The van der Waals surface area contributed by atoms with Crippen LogP contribution < -0.4 is 18.9 Å². The highest BCUT2D eigenvalue weighted by molar-refractivity contribution is 6.00. The maximum atomic E-state index is 12.6. The van der Waals surface area contributed by atoms with Gasteiger partial charge in [-0.2, -0.15) is 0 Å². The smallest absolute Gasteiger partial charge is 0.347 e. The van der Waals surface area contributed by atoms with Crippen molar-refractivity contribution in [2.75, 3.05) is 14.2 Å². The van der Waals surface area contributed by atoms with Crippen LogP contribution in [0.2, 0.25) is 0 Å². The van der Waals surface area contributed by atoms with E-state index in [0.29, 0.717) is 11.5 Å². The molecule has 3 rings (SSSR count). The van der Waals surface area contributed by atoms with Crippen molar-refractivity contribution in [1.29, 1.82) is 0 Å². The van der Waals surface area contributed by atoms with Crippen molar-refractivity contribution in [3.8, 4) is 23.0 Å². The molecule has 0 saturated heterocycles. The molecule has 3 aromatic carbocycles. The minimum absolute atomic E-state index is 0.0421.